The van der Waals surface area contributed by atoms with Gasteiger partial charge in [0.1, 0.15) is 0 Å². The number of nitrogens with two attached hydrogens (primary N) is 1. The van der Waals surface area contributed by atoms with Crippen molar-refractivity contribution in [2.24, 2.45) is 5.73 Å². The molecule has 0 aliphatic heterocycles. The Bertz CT molecular complexity index is 235. The smallest absolute Gasteiger partial charge is 0.0622 e. The second-order valence-corrected chi connectivity index (χ2v) is 3.02. The fraction of sp³-hybridized carbons (Fsp3) is 0.375. The third-order valence-electron chi connectivity index (χ3n) is 1.35. The van der Waals surface area contributed by atoms with Gasteiger partial charge in [-0.05, 0) is 19.1 Å². The Labute approximate surface area is 71.4 Å². The summed E-state index contributed by atoms with van der Waals surface area (Å²) < 4.78 is 0. The standard InChI is InChI=1S/C8H11ClN2/c1-6(10)5-8-7(9)3-2-4-11-8/h2-4,6H,5,10H2,1H3. The van der Waals surface area contributed by atoms with Crippen molar-refractivity contribution in [1.29, 1.82) is 0 Å². The van der Waals surface area contributed by atoms with Crippen LogP contribution in [0, 0.1) is 0 Å². The molecule has 1 aromatic heterocycles. The first kappa shape index (κ1) is 8.50. The molecule has 0 aromatic carbocycles. The Morgan fingerprint density at radius 1 is 1.73 bits per heavy atom. The van der Waals surface area contributed by atoms with Crippen LogP contribution in [-0.2, 0) is 6.42 Å². The van der Waals surface area contributed by atoms with Gasteiger partial charge in [-0.1, -0.05) is 11.6 Å². The number of pyridine rings is 1. The lowest BCUT2D eigenvalue weighted by molar-refractivity contribution is 0.722. The third-order valence-corrected chi connectivity index (χ3v) is 1.69. The van der Waals surface area contributed by atoms with Crippen LogP contribution in [0.1, 0.15) is 12.6 Å². The van der Waals surface area contributed by atoms with Crippen molar-refractivity contribution < 1.29 is 0 Å². The Kier molecular flexibility index (Phi) is 2.85. The van der Waals surface area contributed by atoms with Gasteiger partial charge in [0.25, 0.3) is 0 Å². The first-order chi connectivity index (χ1) is 5.20. The summed E-state index contributed by atoms with van der Waals surface area (Å²) in [5.41, 5.74) is 6.47. The van der Waals surface area contributed by atoms with Gasteiger partial charge in [0.15, 0.2) is 0 Å². The molecule has 0 aliphatic carbocycles. The molecule has 11 heavy (non-hydrogen) atoms. The van der Waals surface area contributed by atoms with E-state index in [4.69, 9.17) is 17.3 Å². The lowest BCUT2D eigenvalue weighted by atomic mass is 10.2. The Balaban J connectivity index is 2.78. The molecular weight excluding hydrogens is 160 g/mol. The average Bonchev–Trinajstić information content (AvgIpc) is 1.93. The monoisotopic (exact) mass is 170 g/mol. The summed E-state index contributed by atoms with van der Waals surface area (Å²) in [6, 6.07) is 3.75. The highest BCUT2D eigenvalue weighted by molar-refractivity contribution is 6.31. The van der Waals surface area contributed by atoms with Crippen molar-refractivity contribution in [2.75, 3.05) is 0 Å². The van der Waals surface area contributed by atoms with Gasteiger partial charge < -0.3 is 5.73 Å². The summed E-state index contributed by atoms with van der Waals surface area (Å²) >= 11 is 5.85. The van der Waals surface area contributed by atoms with E-state index in [9.17, 15) is 0 Å². The topological polar surface area (TPSA) is 38.9 Å². The van der Waals surface area contributed by atoms with E-state index in [0.717, 1.165) is 12.1 Å². The molecule has 0 aliphatic rings. The van der Waals surface area contributed by atoms with Crippen molar-refractivity contribution in [3.63, 3.8) is 0 Å². The van der Waals surface area contributed by atoms with Gasteiger partial charge in [-0.2, -0.15) is 0 Å². The second kappa shape index (κ2) is 3.69. The van der Waals surface area contributed by atoms with E-state index in [1.54, 1.807) is 6.20 Å². The molecule has 0 radical (unpaired) electrons. The van der Waals surface area contributed by atoms with Crippen molar-refractivity contribution >= 4 is 11.6 Å². The van der Waals surface area contributed by atoms with Crippen LogP contribution in [0.5, 0.6) is 0 Å². The molecule has 2 N–H and O–H groups in total. The minimum atomic E-state index is 0.113. The molecule has 1 rings (SSSR count). The van der Waals surface area contributed by atoms with Gasteiger partial charge >= 0.3 is 0 Å². The van der Waals surface area contributed by atoms with Crippen LogP contribution in [0.4, 0.5) is 0 Å². The van der Waals surface area contributed by atoms with Crippen molar-refractivity contribution in [3.8, 4) is 0 Å². The summed E-state index contributed by atoms with van der Waals surface area (Å²) in [6.07, 6.45) is 2.46. The molecule has 2 nitrogen and oxygen atoms in total. The van der Waals surface area contributed by atoms with E-state index in [1.807, 2.05) is 19.1 Å². The lowest BCUT2D eigenvalue weighted by Crippen LogP contribution is -2.18. The minimum Gasteiger partial charge on any atom is -0.328 e. The maximum absolute atomic E-state index is 5.85. The lowest BCUT2D eigenvalue weighted by Gasteiger charge is -2.04. The van der Waals surface area contributed by atoms with Crippen molar-refractivity contribution in [1.82, 2.24) is 4.98 Å². The first-order valence-corrected chi connectivity index (χ1v) is 3.93. The van der Waals surface area contributed by atoms with Crippen LogP contribution in [0.2, 0.25) is 5.02 Å². The van der Waals surface area contributed by atoms with Crippen LogP contribution < -0.4 is 5.73 Å². The van der Waals surface area contributed by atoms with E-state index in [0.29, 0.717) is 5.02 Å². The fourth-order valence-electron chi connectivity index (χ4n) is 0.874. The molecule has 1 aromatic rings. The Morgan fingerprint density at radius 2 is 2.45 bits per heavy atom. The molecule has 0 saturated carbocycles. The van der Waals surface area contributed by atoms with Gasteiger partial charge in [-0.3, -0.25) is 4.98 Å². The van der Waals surface area contributed by atoms with Crippen LogP contribution in [-0.4, -0.2) is 11.0 Å². The van der Waals surface area contributed by atoms with E-state index < -0.39 is 0 Å². The minimum absolute atomic E-state index is 0.113. The zero-order chi connectivity index (χ0) is 8.27. The number of aromatic nitrogens is 1. The summed E-state index contributed by atoms with van der Waals surface area (Å²) in [4.78, 5) is 4.11. The second-order valence-electron chi connectivity index (χ2n) is 2.61. The molecular formula is C8H11ClN2. The van der Waals surface area contributed by atoms with Crippen LogP contribution >= 0.6 is 11.6 Å². The normalized spacial score (nSPS) is 13.0. The highest BCUT2D eigenvalue weighted by Crippen LogP contribution is 2.12. The highest BCUT2D eigenvalue weighted by atomic mass is 35.5. The number of hydrogen-bond acceptors (Lipinski definition) is 2. The van der Waals surface area contributed by atoms with E-state index in [1.165, 1.54) is 0 Å². The van der Waals surface area contributed by atoms with Gasteiger partial charge in [0.05, 0.1) is 10.7 Å². The third kappa shape index (κ3) is 2.48. The highest BCUT2D eigenvalue weighted by Gasteiger charge is 2.02. The van der Waals surface area contributed by atoms with Gasteiger partial charge in [-0.15, -0.1) is 0 Å². The predicted molar refractivity (Wildman–Crippen MR) is 46.6 cm³/mol. The summed E-state index contributed by atoms with van der Waals surface area (Å²) in [5.74, 6) is 0. The van der Waals surface area contributed by atoms with Crippen molar-refractivity contribution in [3.05, 3.63) is 29.0 Å². The summed E-state index contributed by atoms with van der Waals surface area (Å²) in [5, 5.41) is 0.699. The average molecular weight is 171 g/mol. The number of rotatable bonds is 2. The predicted octanol–water partition coefficient (Wildman–Crippen LogP) is 1.62. The molecule has 1 heterocycles. The number of halogens is 1. The van der Waals surface area contributed by atoms with Crippen LogP contribution in [0.15, 0.2) is 18.3 Å². The maximum Gasteiger partial charge on any atom is 0.0622 e. The van der Waals surface area contributed by atoms with Crippen LogP contribution in [0.3, 0.4) is 0 Å². The van der Waals surface area contributed by atoms with E-state index in [2.05, 4.69) is 4.98 Å². The van der Waals surface area contributed by atoms with Gasteiger partial charge in [-0.25, -0.2) is 0 Å². The molecule has 60 valence electrons. The molecule has 0 amide bonds. The molecule has 1 atom stereocenters. The fourth-order valence-corrected chi connectivity index (χ4v) is 1.07. The molecule has 0 bridgehead atoms. The first-order valence-electron chi connectivity index (χ1n) is 3.55. The summed E-state index contributed by atoms with van der Waals surface area (Å²) in [7, 11) is 0. The largest absolute Gasteiger partial charge is 0.328 e. The molecule has 3 heteroatoms. The van der Waals surface area contributed by atoms with E-state index in [-0.39, 0.29) is 6.04 Å². The Morgan fingerprint density at radius 3 is 3.00 bits per heavy atom. The quantitative estimate of drug-likeness (QED) is 0.733. The van der Waals surface area contributed by atoms with E-state index >= 15 is 0 Å². The van der Waals surface area contributed by atoms with Gasteiger partial charge in [0, 0.05) is 18.7 Å². The number of nitrogens with zero attached hydrogens (tertiary/aromatic N) is 1. The molecule has 0 fully saturated rings. The molecule has 0 saturated heterocycles. The zero-order valence-electron chi connectivity index (χ0n) is 6.42. The van der Waals surface area contributed by atoms with Crippen LogP contribution in [0.25, 0.3) is 0 Å². The molecule has 1 unspecified atom stereocenters. The molecule has 0 spiro atoms. The number of hydrogen-bond donors (Lipinski definition) is 1. The Hall–Kier alpha value is -0.600. The van der Waals surface area contributed by atoms with Crippen molar-refractivity contribution in [2.45, 2.75) is 19.4 Å². The maximum atomic E-state index is 5.85. The summed E-state index contributed by atoms with van der Waals surface area (Å²) in [6.45, 7) is 1.94. The zero-order valence-corrected chi connectivity index (χ0v) is 7.17. The SMILES string of the molecule is CC(N)Cc1ncccc1Cl. The van der Waals surface area contributed by atoms with Gasteiger partial charge in [0.2, 0.25) is 0 Å².